The number of aryl methyl sites for hydroxylation is 1. The number of unbranched alkanes of at least 4 members (excludes halogenated alkanes) is 2. The maximum atomic E-state index is 12.7. The molecule has 0 N–H and O–H groups in total. The highest BCUT2D eigenvalue weighted by Gasteiger charge is 2.36. The predicted molar refractivity (Wildman–Crippen MR) is 157 cm³/mol. The number of Topliss-reactive ketones (excluding diaryl/α,β-unsaturated/α-hetero) is 1. The third kappa shape index (κ3) is 8.29. The molecule has 0 aliphatic carbocycles. The van der Waals surface area contributed by atoms with Gasteiger partial charge in [0.2, 0.25) is 5.91 Å². The predicted octanol–water partition coefficient (Wildman–Crippen LogP) is 4.89. The highest BCUT2D eigenvalue weighted by atomic mass is 32.2. The highest BCUT2D eigenvalue weighted by molar-refractivity contribution is 7.87. The van der Waals surface area contributed by atoms with Crippen LogP contribution in [0.25, 0.3) is 0 Å². The molecule has 10 nitrogen and oxygen atoms in total. The fourth-order valence-corrected chi connectivity index (χ4v) is 5.34. The molecule has 11 heteroatoms. The van der Waals surface area contributed by atoms with E-state index in [0.717, 1.165) is 24.8 Å². The first kappa shape index (κ1) is 31.4. The van der Waals surface area contributed by atoms with Gasteiger partial charge in [0, 0.05) is 24.2 Å². The summed E-state index contributed by atoms with van der Waals surface area (Å²) in [6, 6.07) is 18.0. The number of carbonyl (C=O) groups excluding carboxylic acids is 4. The van der Waals surface area contributed by atoms with Gasteiger partial charge in [-0.1, -0.05) is 37.5 Å². The summed E-state index contributed by atoms with van der Waals surface area (Å²) < 4.78 is 40.5. The van der Waals surface area contributed by atoms with E-state index < -0.39 is 40.4 Å². The van der Waals surface area contributed by atoms with Gasteiger partial charge in [-0.3, -0.25) is 14.4 Å². The summed E-state index contributed by atoms with van der Waals surface area (Å²) in [7, 11) is -4.04. The minimum Gasteiger partial charge on any atom is -0.462 e. The molecule has 0 aromatic heterocycles. The van der Waals surface area contributed by atoms with Crippen molar-refractivity contribution < 1.29 is 41.3 Å². The number of carbonyl (C=O) groups is 4. The van der Waals surface area contributed by atoms with Gasteiger partial charge in [-0.25, -0.2) is 4.79 Å². The molecule has 1 heterocycles. The van der Waals surface area contributed by atoms with Crippen LogP contribution in [0.15, 0.2) is 77.7 Å². The smallest absolute Gasteiger partial charge is 0.339 e. The number of ketones is 1. The number of hydrogen-bond donors (Lipinski definition) is 0. The molecule has 226 valence electrons. The van der Waals surface area contributed by atoms with Crippen molar-refractivity contribution in [1.82, 2.24) is 0 Å². The minimum atomic E-state index is -4.04. The van der Waals surface area contributed by atoms with Crippen LogP contribution in [-0.4, -0.2) is 51.8 Å². The van der Waals surface area contributed by atoms with Gasteiger partial charge in [0.05, 0.1) is 18.1 Å². The number of hydrogen-bond acceptors (Lipinski definition) is 9. The lowest BCUT2D eigenvalue weighted by molar-refractivity contribution is -0.147. The zero-order chi connectivity index (χ0) is 31.0. The van der Waals surface area contributed by atoms with Crippen molar-refractivity contribution >= 4 is 39.4 Å². The lowest BCUT2D eigenvalue weighted by Crippen LogP contribution is -2.27. The number of amides is 1. The highest BCUT2D eigenvalue weighted by Crippen LogP contribution is 2.27. The Morgan fingerprint density at radius 1 is 0.860 bits per heavy atom. The number of nitrogens with zero attached hydrogens (tertiary/aromatic N) is 1. The van der Waals surface area contributed by atoms with E-state index in [1.54, 1.807) is 36.4 Å². The van der Waals surface area contributed by atoms with E-state index >= 15 is 0 Å². The zero-order valence-corrected chi connectivity index (χ0v) is 24.8. The molecule has 1 atom stereocenters. The SMILES string of the molecule is CCCCCOC(=O)c1ccc(N2C[C@H](C(=O)OCC(=O)c3ccc(OS(=O)(=O)c4ccc(C)cc4)cc3)CC2=O)cc1. The van der Waals surface area contributed by atoms with Crippen LogP contribution in [-0.2, 0) is 29.2 Å². The summed E-state index contributed by atoms with van der Waals surface area (Å²) in [6.45, 7) is 3.79. The average Bonchev–Trinajstić information content (AvgIpc) is 3.40. The van der Waals surface area contributed by atoms with Crippen LogP contribution in [0, 0.1) is 12.8 Å². The van der Waals surface area contributed by atoms with E-state index in [4.69, 9.17) is 13.7 Å². The number of benzene rings is 3. The second-order valence-corrected chi connectivity index (χ2v) is 11.7. The van der Waals surface area contributed by atoms with Gasteiger partial charge in [-0.2, -0.15) is 8.42 Å². The van der Waals surface area contributed by atoms with Crippen molar-refractivity contribution in [3.63, 3.8) is 0 Å². The Hall–Kier alpha value is -4.51. The summed E-state index contributed by atoms with van der Waals surface area (Å²) in [5.74, 6) is -2.63. The van der Waals surface area contributed by atoms with Gasteiger partial charge in [0.1, 0.15) is 10.6 Å². The first-order chi connectivity index (χ1) is 20.6. The van der Waals surface area contributed by atoms with Crippen LogP contribution in [0.1, 0.15) is 58.9 Å². The zero-order valence-electron chi connectivity index (χ0n) is 24.0. The fourth-order valence-electron chi connectivity index (χ4n) is 4.41. The van der Waals surface area contributed by atoms with Gasteiger partial charge in [0.25, 0.3) is 0 Å². The maximum Gasteiger partial charge on any atom is 0.339 e. The van der Waals surface area contributed by atoms with Gasteiger partial charge in [0.15, 0.2) is 12.4 Å². The normalized spacial score (nSPS) is 14.8. The lowest BCUT2D eigenvalue weighted by atomic mass is 10.1. The molecule has 1 saturated heterocycles. The Morgan fingerprint density at radius 3 is 2.16 bits per heavy atom. The molecule has 1 aliphatic heterocycles. The number of ether oxygens (including phenoxy) is 2. The quantitative estimate of drug-likeness (QED) is 0.115. The van der Waals surface area contributed by atoms with Crippen molar-refractivity contribution in [2.45, 2.75) is 44.4 Å². The molecule has 3 aromatic rings. The van der Waals surface area contributed by atoms with Crippen molar-refractivity contribution in [1.29, 1.82) is 0 Å². The summed E-state index contributed by atoms with van der Waals surface area (Å²) in [6.07, 6.45) is 2.73. The molecule has 3 aromatic carbocycles. The van der Waals surface area contributed by atoms with Crippen molar-refractivity contribution in [2.75, 3.05) is 24.7 Å². The van der Waals surface area contributed by atoms with E-state index in [9.17, 15) is 27.6 Å². The second kappa shape index (κ2) is 14.1. The average molecular weight is 608 g/mol. The Labute approximate surface area is 250 Å². The van der Waals surface area contributed by atoms with E-state index in [0.29, 0.717) is 17.9 Å². The van der Waals surface area contributed by atoms with Gasteiger partial charge in [-0.05, 0) is 74.0 Å². The topological polar surface area (TPSA) is 133 Å². The molecule has 1 aliphatic rings. The molecule has 4 rings (SSSR count). The molecule has 0 spiro atoms. The third-order valence-corrected chi connectivity index (χ3v) is 8.15. The van der Waals surface area contributed by atoms with Crippen molar-refractivity contribution in [2.24, 2.45) is 5.92 Å². The molecule has 0 bridgehead atoms. The first-order valence-electron chi connectivity index (χ1n) is 14.0. The Bertz CT molecular complexity index is 1560. The monoisotopic (exact) mass is 607 g/mol. The summed E-state index contributed by atoms with van der Waals surface area (Å²) in [5.41, 5.74) is 2.00. The van der Waals surface area contributed by atoms with Crippen LogP contribution in [0.5, 0.6) is 5.75 Å². The van der Waals surface area contributed by atoms with E-state index in [2.05, 4.69) is 6.92 Å². The van der Waals surface area contributed by atoms with Crippen molar-refractivity contribution in [3.05, 3.63) is 89.5 Å². The molecule has 0 unspecified atom stereocenters. The number of rotatable bonds is 13. The standard InChI is InChI=1S/C32H33NO9S/c1-3-4-5-18-40-31(36)24-8-12-26(13-9-24)33-20-25(19-30(33)35)32(37)41-21-29(34)23-10-14-27(15-11-23)42-43(38,39)28-16-6-22(2)7-17-28/h6-17,25H,3-5,18-21H2,1-2H3/t25-/m1/s1. The van der Waals surface area contributed by atoms with Crippen molar-refractivity contribution in [3.8, 4) is 5.75 Å². The molecular formula is C32H33NO9S. The molecule has 0 saturated carbocycles. The minimum absolute atomic E-state index is 0.00371. The maximum absolute atomic E-state index is 12.7. The largest absolute Gasteiger partial charge is 0.462 e. The van der Waals surface area contributed by atoms with Crippen LogP contribution < -0.4 is 9.08 Å². The van der Waals surface area contributed by atoms with Gasteiger partial charge < -0.3 is 18.6 Å². The van der Waals surface area contributed by atoms with Gasteiger partial charge in [-0.15, -0.1) is 0 Å². The number of anilines is 1. The summed E-state index contributed by atoms with van der Waals surface area (Å²) in [5, 5.41) is 0. The van der Waals surface area contributed by atoms with E-state index in [1.165, 1.54) is 41.3 Å². The second-order valence-electron chi connectivity index (χ2n) is 10.2. The Kier molecular flexibility index (Phi) is 10.3. The molecular weight excluding hydrogens is 574 g/mol. The fraction of sp³-hybridized carbons (Fsp3) is 0.312. The van der Waals surface area contributed by atoms with Crippen LogP contribution in [0.2, 0.25) is 0 Å². The Balaban J connectivity index is 1.26. The van der Waals surface area contributed by atoms with Crippen LogP contribution in [0.4, 0.5) is 5.69 Å². The van der Waals surface area contributed by atoms with E-state index in [1.807, 2.05) is 6.92 Å². The van der Waals surface area contributed by atoms with Crippen LogP contribution in [0.3, 0.4) is 0 Å². The molecule has 1 amide bonds. The lowest BCUT2D eigenvalue weighted by Gasteiger charge is -2.17. The van der Waals surface area contributed by atoms with Gasteiger partial charge >= 0.3 is 22.1 Å². The van der Waals surface area contributed by atoms with Crippen LogP contribution >= 0.6 is 0 Å². The Morgan fingerprint density at radius 2 is 1.51 bits per heavy atom. The first-order valence-corrected chi connectivity index (χ1v) is 15.4. The summed E-state index contributed by atoms with van der Waals surface area (Å²) >= 11 is 0. The molecule has 1 fully saturated rings. The van der Waals surface area contributed by atoms with E-state index in [-0.39, 0.29) is 35.1 Å². The molecule has 0 radical (unpaired) electrons. The third-order valence-electron chi connectivity index (χ3n) is 6.89. The molecule has 43 heavy (non-hydrogen) atoms. The number of esters is 2. The summed E-state index contributed by atoms with van der Waals surface area (Å²) in [4.78, 5) is 51.5.